The van der Waals surface area contributed by atoms with Crippen LogP contribution >= 0.6 is 23.1 Å². The van der Waals surface area contributed by atoms with Crippen LogP contribution in [0, 0.1) is 0 Å². The number of hydrogen-bond donors (Lipinski definition) is 1. The maximum atomic E-state index is 12.8. The molecule has 5 nitrogen and oxygen atoms in total. The van der Waals surface area contributed by atoms with Gasteiger partial charge in [-0.05, 0) is 24.4 Å². The molecule has 0 aromatic carbocycles. The SMILES string of the molecule is C=C(N=C(/C=C(\N)C(F)(F)F)c1cccs1)SC(CC(C)=O)C1COCO1. The molecule has 1 aromatic rings. The summed E-state index contributed by atoms with van der Waals surface area (Å²) in [4.78, 5) is 16.3. The van der Waals surface area contributed by atoms with Crippen molar-refractivity contribution >= 4 is 34.6 Å². The summed E-state index contributed by atoms with van der Waals surface area (Å²) in [6.45, 7) is 5.74. The van der Waals surface area contributed by atoms with E-state index >= 15 is 0 Å². The highest BCUT2D eigenvalue weighted by molar-refractivity contribution is 8.03. The van der Waals surface area contributed by atoms with E-state index in [2.05, 4.69) is 11.6 Å². The van der Waals surface area contributed by atoms with Crippen molar-refractivity contribution in [1.29, 1.82) is 0 Å². The first kappa shape index (κ1) is 21.7. The van der Waals surface area contributed by atoms with Crippen molar-refractivity contribution in [2.75, 3.05) is 13.4 Å². The number of carbonyl (C=O) groups excluding carboxylic acids is 1. The van der Waals surface area contributed by atoms with Crippen molar-refractivity contribution in [3.05, 3.63) is 45.8 Å². The number of Topliss-reactive ketones (excluding diaryl/α,β-unsaturated/α-hetero) is 1. The number of alkyl halides is 3. The molecular weight excluding hydrogens is 401 g/mol. The number of allylic oxidation sites excluding steroid dienone is 2. The van der Waals surface area contributed by atoms with E-state index in [1.807, 2.05) is 0 Å². The van der Waals surface area contributed by atoms with Gasteiger partial charge in [0, 0.05) is 11.7 Å². The molecule has 2 unspecified atom stereocenters. The van der Waals surface area contributed by atoms with Crippen LogP contribution in [0.15, 0.2) is 45.9 Å². The van der Waals surface area contributed by atoms with Crippen molar-refractivity contribution < 1.29 is 27.4 Å². The fourth-order valence-corrected chi connectivity index (χ4v) is 4.06. The molecule has 1 saturated heterocycles. The van der Waals surface area contributed by atoms with Crippen LogP contribution in [-0.4, -0.2) is 42.4 Å². The van der Waals surface area contributed by atoms with Gasteiger partial charge < -0.3 is 15.2 Å². The molecule has 0 spiro atoms. The van der Waals surface area contributed by atoms with Gasteiger partial charge in [-0.3, -0.25) is 4.79 Å². The second-order valence-electron chi connectivity index (χ2n) is 5.72. The average Bonchev–Trinajstić information content (AvgIpc) is 3.26. The van der Waals surface area contributed by atoms with Crippen LogP contribution in [0.1, 0.15) is 18.2 Å². The smallest absolute Gasteiger partial charge is 0.395 e. The molecule has 0 aliphatic carbocycles. The minimum atomic E-state index is -4.65. The van der Waals surface area contributed by atoms with E-state index in [0.717, 1.165) is 6.08 Å². The lowest BCUT2D eigenvalue weighted by molar-refractivity contribution is -0.117. The van der Waals surface area contributed by atoms with E-state index < -0.39 is 11.9 Å². The van der Waals surface area contributed by atoms with Gasteiger partial charge in [0.2, 0.25) is 0 Å². The van der Waals surface area contributed by atoms with Gasteiger partial charge in [-0.25, -0.2) is 4.99 Å². The Bertz CT molecular complexity index is 724. The summed E-state index contributed by atoms with van der Waals surface area (Å²) in [5, 5.41) is 1.68. The zero-order chi connectivity index (χ0) is 20.0. The average molecular weight is 420 g/mol. The number of rotatable bonds is 8. The van der Waals surface area contributed by atoms with Crippen LogP contribution in [-0.2, 0) is 14.3 Å². The van der Waals surface area contributed by atoms with E-state index in [1.165, 1.54) is 30.0 Å². The Kier molecular flexibility index (Phi) is 7.66. The normalized spacial score (nSPS) is 19.9. The lowest BCUT2D eigenvalue weighted by Gasteiger charge is -2.20. The highest BCUT2D eigenvalue weighted by Gasteiger charge is 2.32. The minimum Gasteiger partial charge on any atom is -0.395 e. The third kappa shape index (κ3) is 6.80. The molecule has 0 amide bonds. The molecule has 2 rings (SSSR count). The highest BCUT2D eigenvalue weighted by Crippen LogP contribution is 2.31. The van der Waals surface area contributed by atoms with Crippen molar-refractivity contribution in [2.45, 2.75) is 30.9 Å². The lowest BCUT2D eigenvalue weighted by atomic mass is 10.1. The summed E-state index contributed by atoms with van der Waals surface area (Å²) in [5.74, 6) is -0.0422. The summed E-state index contributed by atoms with van der Waals surface area (Å²) >= 11 is 2.41. The first-order valence-electron chi connectivity index (χ1n) is 7.88. The van der Waals surface area contributed by atoms with Gasteiger partial charge in [0.1, 0.15) is 18.3 Å². The highest BCUT2D eigenvalue weighted by atomic mass is 32.2. The van der Waals surface area contributed by atoms with E-state index in [4.69, 9.17) is 15.2 Å². The van der Waals surface area contributed by atoms with Crippen molar-refractivity contribution in [3.63, 3.8) is 0 Å². The van der Waals surface area contributed by atoms with Gasteiger partial charge in [-0.2, -0.15) is 13.2 Å². The van der Waals surface area contributed by atoms with E-state index in [1.54, 1.807) is 17.5 Å². The molecule has 0 bridgehead atoms. The summed E-state index contributed by atoms with van der Waals surface area (Å²) in [5.41, 5.74) is 3.95. The molecule has 148 valence electrons. The first-order chi connectivity index (χ1) is 12.7. The van der Waals surface area contributed by atoms with Gasteiger partial charge in [-0.1, -0.05) is 12.6 Å². The molecule has 1 aromatic heterocycles. The number of thioether (sulfide) groups is 1. The monoisotopic (exact) mass is 420 g/mol. The van der Waals surface area contributed by atoms with Crippen LogP contribution in [0.3, 0.4) is 0 Å². The van der Waals surface area contributed by atoms with Crippen LogP contribution in [0.5, 0.6) is 0 Å². The number of ketones is 1. The molecule has 1 aliphatic heterocycles. The second kappa shape index (κ2) is 9.54. The second-order valence-corrected chi connectivity index (χ2v) is 7.98. The number of ether oxygens (including phenoxy) is 2. The van der Waals surface area contributed by atoms with Crippen molar-refractivity contribution in [2.24, 2.45) is 10.7 Å². The van der Waals surface area contributed by atoms with Crippen LogP contribution in [0.4, 0.5) is 13.2 Å². The molecule has 1 aliphatic rings. The zero-order valence-electron chi connectivity index (χ0n) is 14.5. The molecule has 10 heteroatoms. The summed E-state index contributed by atoms with van der Waals surface area (Å²) in [6.07, 6.45) is -3.97. The number of thiophene rings is 1. The number of carbonyl (C=O) groups is 1. The molecular formula is C17H19F3N2O3S2. The predicted octanol–water partition coefficient (Wildman–Crippen LogP) is 3.87. The lowest BCUT2D eigenvalue weighted by Crippen LogP contribution is -2.27. The van der Waals surface area contributed by atoms with Gasteiger partial charge >= 0.3 is 6.18 Å². The number of halogens is 3. The molecule has 1 fully saturated rings. The summed E-state index contributed by atoms with van der Waals surface area (Å²) in [6, 6.07) is 3.34. The Morgan fingerprint density at radius 2 is 2.33 bits per heavy atom. The molecule has 0 saturated carbocycles. The summed E-state index contributed by atoms with van der Waals surface area (Å²) in [7, 11) is 0. The van der Waals surface area contributed by atoms with Crippen LogP contribution in [0.2, 0.25) is 0 Å². The zero-order valence-corrected chi connectivity index (χ0v) is 16.1. The van der Waals surface area contributed by atoms with E-state index in [0.29, 0.717) is 11.5 Å². The Morgan fingerprint density at radius 1 is 1.59 bits per heavy atom. The molecule has 2 N–H and O–H groups in total. The first-order valence-corrected chi connectivity index (χ1v) is 9.64. The van der Waals surface area contributed by atoms with E-state index in [-0.39, 0.29) is 41.1 Å². The molecule has 27 heavy (non-hydrogen) atoms. The number of nitrogens with zero attached hydrogens (tertiary/aromatic N) is 1. The van der Waals surface area contributed by atoms with Gasteiger partial charge in [0.15, 0.2) is 0 Å². The summed E-state index contributed by atoms with van der Waals surface area (Å²) < 4.78 is 49.0. The van der Waals surface area contributed by atoms with Crippen molar-refractivity contribution in [3.8, 4) is 0 Å². The quantitative estimate of drug-likeness (QED) is 0.647. The Morgan fingerprint density at radius 3 is 2.85 bits per heavy atom. The minimum absolute atomic E-state index is 0.0422. The number of aliphatic imine (C=N–C) groups is 1. The van der Waals surface area contributed by atoms with E-state index in [9.17, 15) is 18.0 Å². The number of nitrogens with two attached hydrogens (primary N) is 1. The Hall–Kier alpha value is -1.62. The van der Waals surface area contributed by atoms with Crippen LogP contribution < -0.4 is 5.73 Å². The Balaban J connectivity index is 2.23. The van der Waals surface area contributed by atoms with Crippen molar-refractivity contribution in [1.82, 2.24) is 0 Å². The third-order valence-electron chi connectivity index (χ3n) is 3.48. The standard InChI is InChI=1S/C17H19F3N2O3S2/c1-10(23)6-15(13-8-24-9-25-13)27-11(2)22-12(14-4-3-5-26-14)7-16(21)17(18,19)20/h3-5,7,13,15H,2,6,8-9,21H2,1H3/b16-7-,22-12?. The third-order valence-corrected chi connectivity index (χ3v) is 5.51. The number of hydrogen-bond acceptors (Lipinski definition) is 7. The molecule has 2 atom stereocenters. The Labute approximate surface area is 163 Å². The molecule has 2 heterocycles. The van der Waals surface area contributed by atoms with Gasteiger partial charge in [0.25, 0.3) is 0 Å². The maximum absolute atomic E-state index is 12.8. The predicted molar refractivity (Wildman–Crippen MR) is 101 cm³/mol. The topological polar surface area (TPSA) is 73.9 Å². The van der Waals surface area contributed by atoms with Crippen LogP contribution in [0.25, 0.3) is 0 Å². The maximum Gasteiger partial charge on any atom is 0.430 e. The largest absolute Gasteiger partial charge is 0.430 e. The molecule has 0 radical (unpaired) electrons. The fourth-order valence-electron chi connectivity index (χ4n) is 2.24. The van der Waals surface area contributed by atoms with Gasteiger partial charge in [-0.15, -0.1) is 23.1 Å². The fraction of sp³-hybridized carbons (Fsp3) is 0.412. The van der Waals surface area contributed by atoms with Gasteiger partial charge in [0.05, 0.1) is 28.3 Å².